The molecule has 0 spiro atoms. The van der Waals surface area contributed by atoms with Crippen LogP contribution in [0, 0.1) is 0 Å². The van der Waals surface area contributed by atoms with E-state index in [1.54, 1.807) is 0 Å². The van der Waals surface area contributed by atoms with Crippen molar-refractivity contribution in [3.63, 3.8) is 0 Å². The third-order valence-corrected chi connectivity index (χ3v) is 10.6. The van der Waals surface area contributed by atoms with Crippen molar-refractivity contribution in [2.75, 3.05) is 4.90 Å². The fraction of sp³-hybridized carbons (Fsp3) is 0. The highest BCUT2D eigenvalue weighted by Crippen LogP contribution is 2.44. The number of fused-ring (bicyclic) bond motifs is 4. The van der Waals surface area contributed by atoms with Crippen molar-refractivity contribution < 1.29 is 0 Å². The second-order valence-corrected chi connectivity index (χ2v) is 13.7. The molecule has 0 fully saturated rings. The van der Waals surface area contributed by atoms with Crippen LogP contribution in [-0.4, -0.2) is 4.57 Å². The molecule has 0 saturated heterocycles. The van der Waals surface area contributed by atoms with Gasteiger partial charge < -0.3 is 9.47 Å². The molecule has 0 amide bonds. The number of aromatic nitrogens is 1. The lowest BCUT2D eigenvalue weighted by molar-refractivity contribution is 1.18. The molecule has 0 aliphatic rings. The lowest BCUT2D eigenvalue weighted by Crippen LogP contribution is -2.11. The van der Waals surface area contributed by atoms with Crippen molar-refractivity contribution in [2.45, 2.75) is 0 Å². The minimum Gasteiger partial charge on any atom is -0.310 e. The van der Waals surface area contributed by atoms with Gasteiger partial charge in [-0.3, -0.25) is 0 Å². The molecule has 0 aliphatic carbocycles. The maximum atomic E-state index is 2.43. The van der Waals surface area contributed by atoms with Crippen LogP contribution >= 0.6 is 0 Å². The zero-order valence-corrected chi connectivity index (χ0v) is 29.7. The summed E-state index contributed by atoms with van der Waals surface area (Å²) in [4.78, 5) is 2.43. The summed E-state index contributed by atoms with van der Waals surface area (Å²) in [6.07, 6.45) is 0. The minimum absolute atomic E-state index is 1.09. The normalized spacial score (nSPS) is 11.3. The summed E-state index contributed by atoms with van der Waals surface area (Å²) in [5.41, 5.74) is 14.1. The van der Waals surface area contributed by atoms with Crippen molar-refractivity contribution in [1.82, 2.24) is 4.57 Å². The molecule has 0 N–H and O–H groups in total. The smallest absolute Gasteiger partial charge is 0.0561 e. The van der Waals surface area contributed by atoms with Crippen molar-refractivity contribution in [2.24, 2.45) is 0 Å². The van der Waals surface area contributed by atoms with Crippen LogP contribution in [0.5, 0.6) is 0 Å². The summed E-state index contributed by atoms with van der Waals surface area (Å²) in [5, 5.41) is 4.89. The van der Waals surface area contributed by atoms with Crippen LogP contribution in [0.25, 0.3) is 71.6 Å². The summed E-state index contributed by atoms with van der Waals surface area (Å²) in [5.74, 6) is 0. The van der Waals surface area contributed by atoms with Gasteiger partial charge in [-0.25, -0.2) is 0 Å². The van der Waals surface area contributed by atoms with E-state index in [-0.39, 0.29) is 0 Å². The number of nitrogens with zero attached hydrogens (tertiary/aromatic N) is 2. The first-order chi connectivity index (χ1) is 26.8. The van der Waals surface area contributed by atoms with E-state index < -0.39 is 0 Å². The third-order valence-electron chi connectivity index (χ3n) is 10.6. The van der Waals surface area contributed by atoms with E-state index in [1.165, 1.54) is 66.0 Å². The Morgan fingerprint density at radius 1 is 0.296 bits per heavy atom. The standard InChI is InChI=1S/C52H36N2/c1-4-16-37(17-5-1)43-22-10-11-23-44(43)39-28-30-41(31-29-39)53(51-35-34-45(38-18-6-2-7-19-38)46-24-12-13-25-47(46)51)42-32-33-49-48-26-14-15-27-50(48)54(52(49)36-42)40-20-8-3-9-21-40/h1-36H. The van der Waals surface area contributed by atoms with Crippen LogP contribution in [0.3, 0.4) is 0 Å². The summed E-state index contributed by atoms with van der Waals surface area (Å²) in [6, 6.07) is 78.9. The Balaban J connectivity index is 1.19. The molecule has 1 aromatic heterocycles. The topological polar surface area (TPSA) is 8.17 Å². The fourth-order valence-corrected chi connectivity index (χ4v) is 8.12. The Morgan fingerprint density at radius 3 is 1.48 bits per heavy atom. The van der Waals surface area contributed by atoms with Gasteiger partial charge in [-0.05, 0) is 87.3 Å². The number of hydrogen-bond donors (Lipinski definition) is 0. The molecular weight excluding hydrogens is 653 g/mol. The number of anilines is 3. The monoisotopic (exact) mass is 688 g/mol. The third kappa shape index (κ3) is 5.44. The summed E-state index contributed by atoms with van der Waals surface area (Å²) < 4.78 is 2.40. The zero-order valence-electron chi connectivity index (χ0n) is 29.7. The van der Waals surface area contributed by atoms with E-state index in [0.717, 1.165) is 22.7 Å². The van der Waals surface area contributed by atoms with Crippen molar-refractivity contribution in [1.29, 1.82) is 0 Å². The van der Waals surface area contributed by atoms with Gasteiger partial charge in [0.1, 0.15) is 0 Å². The highest BCUT2D eigenvalue weighted by Gasteiger charge is 2.20. The number of para-hydroxylation sites is 2. The quantitative estimate of drug-likeness (QED) is 0.162. The molecule has 254 valence electrons. The molecule has 2 nitrogen and oxygen atoms in total. The summed E-state index contributed by atoms with van der Waals surface area (Å²) in [7, 11) is 0. The highest BCUT2D eigenvalue weighted by atomic mass is 15.1. The van der Waals surface area contributed by atoms with Gasteiger partial charge in [0, 0.05) is 33.2 Å². The van der Waals surface area contributed by atoms with E-state index in [4.69, 9.17) is 0 Å². The molecule has 0 radical (unpaired) electrons. The molecule has 0 atom stereocenters. The summed E-state index contributed by atoms with van der Waals surface area (Å²) >= 11 is 0. The summed E-state index contributed by atoms with van der Waals surface area (Å²) in [6.45, 7) is 0. The van der Waals surface area contributed by atoms with E-state index in [1.807, 2.05) is 0 Å². The van der Waals surface area contributed by atoms with Gasteiger partial charge in [-0.15, -0.1) is 0 Å². The van der Waals surface area contributed by atoms with E-state index in [9.17, 15) is 0 Å². The average molecular weight is 689 g/mol. The van der Waals surface area contributed by atoms with Crippen LogP contribution in [0.4, 0.5) is 17.1 Å². The Bertz CT molecular complexity index is 2910. The first kappa shape index (κ1) is 31.6. The van der Waals surface area contributed by atoms with Gasteiger partial charge in [0.2, 0.25) is 0 Å². The van der Waals surface area contributed by atoms with Gasteiger partial charge >= 0.3 is 0 Å². The minimum atomic E-state index is 1.09. The molecule has 54 heavy (non-hydrogen) atoms. The van der Waals surface area contributed by atoms with Crippen LogP contribution in [-0.2, 0) is 0 Å². The first-order valence-corrected chi connectivity index (χ1v) is 18.5. The van der Waals surface area contributed by atoms with E-state index in [2.05, 4.69) is 228 Å². The molecule has 0 unspecified atom stereocenters. The SMILES string of the molecule is c1ccc(-c2ccccc2-c2ccc(N(c3ccc4c5ccccc5n(-c5ccccc5)c4c3)c3ccc(-c4ccccc4)c4ccccc34)cc2)cc1. The molecule has 2 heteroatoms. The highest BCUT2D eigenvalue weighted by molar-refractivity contribution is 6.11. The largest absolute Gasteiger partial charge is 0.310 e. The number of hydrogen-bond acceptors (Lipinski definition) is 1. The maximum absolute atomic E-state index is 2.43. The van der Waals surface area contributed by atoms with Crippen molar-refractivity contribution >= 4 is 49.6 Å². The van der Waals surface area contributed by atoms with Crippen molar-refractivity contribution in [3.8, 4) is 39.1 Å². The molecule has 0 aliphatic heterocycles. The van der Waals surface area contributed by atoms with Crippen molar-refractivity contribution in [3.05, 3.63) is 218 Å². The Hall–Kier alpha value is -7.16. The van der Waals surface area contributed by atoms with Gasteiger partial charge in [-0.1, -0.05) is 170 Å². The van der Waals surface area contributed by atoms with Gasteiger partial charge in [0.15, 0.2) is 0 Å². The fourth-order valence-electron chi connectivity index (χ4n) is 8.12. The van der Waals surface area contributed by atoms with Crippen LogP contribution in [0.2, 0.25) is 0 Å². The molecule has 0 saturated carbocycles. The zero-order chi connectivity index (χ0) is 35.8. The van der Waals surface area contributed by atoms with Crippen LogP contribution in [0.1, 0.15) is 0 Å². The Labute approximate surface area is 315 Å². The van der Waals surface area contributed by atoms with Crippen LogP contribution in [0.15, 0.2) is 218 Å². The lowest BCUT2D eigenvalue weighted by atomic mass is 9.94. The lowest BCUT2D eigenvalue weighted by Gasteiger charge is -2.28. The molecule has 10 aromatic rings. The molecule has 9 aromatic carbocycles. The van der Waals surface area contributed by atoms with E-state index in [0.29, 0.717) is 0 Å². The van der Waals surface area contributed by atoms with E-state index >= 15 is 0 Å². The molecule has 1 heterocycles. The predicted molar refractivity (Wildman–Crippen MR) is 229 cm³/mol. The second kappa shape index (κ2) is 13.4. The van der Waals surface area contributed by atoms with Gasteiger partial charge in [-0.2, -0.15) is 0 Å². The second-order valence-electron chi connectivity index (χ2n) is 13.7. The molecule has 10 rings (SSSR count). The Morgan fingerprint density at radius 2 is 0.796 bits per heavy atom. The predicted octanol–water partition coefficient (Wildman–Crippen LogP) is 14.4. The maximum Gasteiger partial charge on any atom is 0.0561 e. The van der Waals surface area contributed by atoms with Gasteiger partial charge in [0.05, 0.1) is 16.7 Å². The average Bonchev–Trinajstić information content (AvgIpc) is 3.59. The Kier molecular flexibility index (Phi) is 7.85. The van der Waals surface area contributed by atoms with Gasteiger partial charge in [0.25, 0.3) is 0 Å². The number of rotatable bonds is 7. The number of benzene rings is 9. The first-order valence-electron chi connectivity index (χ1n) is 18.5. The molecule has 0 bridgehead atoms. The van der Waals surface area contributed by atoms with Crippen LogP contribution < -0.4 is 4.90 Å². The molecular formula is C52H36N2.